The van der Waals surface area contributed by atoms with E-state index in [0.717, 1.165) is 16.7 Å². The molecule has 3 rings (SSSR count). The molecular weight excluding hydrogens is 967 g/mol. The fraction of sp³-hybridized carbons (Fsp3) is 0.379. The normalized spacial score (nSPS) is 14.7. The van der Waals surface area contributed by atoms with Gasteiger partial charge < -0.3 is 4.74 Å². The summed E-state index contributed by atoms with van der Waals surface area (Å²) in [7, 11) is 0. The minimum absolute atomic E-state index is 0.212. The summed E-state index contributed by atoms with van der Waals surface area (Å²) < 4.78 is -15.8. The number of hydrogen-bond donors (Lipinski definition) is 0. The van der Waals surface area contributed by atoms with Crippen molar-refractivity contribution in [2.24, 2.45) is 0 Å². The van der Waals surface area contributed by atoms with Gasteiger partial charge in [-0.05, 0) is 16.7 Å². The molecule has 0 spiro atoms. The lowest BCUT2D eigenvalue weighted by atomic mass is 9.80. The summed E-state index contributed by atoms with van der Waals surface area (Å²) in [6.45, 7) is -0.212. The molecule has 1 nitrogen and oxygen atoms in total. The Bertz CT molecular complexity index is 1370. The van der Waals surface area contributed by atoms with Crippen molar-refractivity contribution in [2.45, 2.75) is 46.1 Å². The molecule has 0 atom stereocenters. The van der Waals surface area contributed by atoms with Crippen molar-refractivity contribution >= 4 is 197 Å². The van der Waals surface area contributed by atoms with Crippen LogP contribution in [0.25, 0.3) is 0 Å². The van der Waals surface area contributed by atoms with Gasteiger partial charge in [-0.15, -0.1) is 0 Å². The van der Waals surface area contributed by atoms with Crippen LogP contribution in [-0.2, 0) is 10.3 Å². The molecule has 0 bridgehead atoms. The zero-order chi connectivity index (χ0) is 36.0. The van der Waals surface area contributed by atoms with Crippen LogP contribution in [0.5, 0.6) is 0 Å². The zero-order valence-electron chi connectivity index (χ0n) is 22.9. The van der Waals surface area contributed by atoms with E-state index in [2.05, 4.69) is 0 Å². The van der Waals surface area contributed by atoms with Gasteiger partial charge in [-0.25, -0.2) is 0 Å². The summed E-state index contributed by atoms with van der Waals surface area (Å²) in [4.78, 5) is 0. The molecule has 0 aromatic heterocycles. The van der Waals surface area contributed by atoms with Crippen LogP contribution < -0.4 is 0 Å². The summed E-state index contributed by atoms with van der Waals surface area (Å²) in [5.74, 6) is 0. The number of alkyl halides is 17. The predicted molar refractivity (Wildman–Crippen MR) is 211 cm³/mol. The Hall–Kier alpha value is 2.55. The Morgan fingerprint density at radius 3 is 0.936 bits per heavy atom. The lowest BCUT2D eigenvalue weighted by molar-refractivity contribution is 0.00941. The van der Waals surface area contributed by atoms with E-state index < -0.39 is 39.7 Å². The monoisotopic (exact) mass is 978 g/mol. The first kappa shape index (κ1) is 44.0. The van der Waals surface area contributed by atoms with Crippen LogP contribution in [0.1, 0.15) is 23.1 Å². The highest BCUT2D eigenvalue weighted by Crippen LogP contribution is 2.72. The van der Waals surface area contributed by atoms with Gasteiger partial charge in [0.1, 0.15) is 5.60 Å². The second kappa shape index (κ2) is 15.7. The smallest absolute Gasteiger partial charge is 0.226 e. The second-order valence-corrected chi connectivity index (χ2v) is 21.8. The van der Waals surface area contributed by atoms with Crippen LogP contribution in [0.2, 0.25) is 0 Å². The Morgan fingerprint density at radius 2 is 0.638 bits per heavy atom. The summed E-state index contributed by atoms with van der Waals surface area (Å²) in [5.41, 5.74) is 1.19. The maximum absolute atomic E-state index is 6.78. The number of rotatable bonds is 13. The molecule has 0 aliphatic heterocycles. The van der Waals surface area contributed by atoms with E-state index >= 15 is 0 Å². The summed E-state index contributed by atoms with van der Waals surface area (Å²) in [6, 6.07) is 28.4. The average Bonchev–Trinajstić information content (AvgIpc) is 2.99. The second-order valence-electron chi connectivity index (χ2n) is 10.0. The van der Waals surface area contributed by atoms with Gasteiger partial charge in [0, 0.05) is 6.42 Å². The third-order valence-electron chi connectivity index (χ3n) is 7.06. The molecule has 0 aliphatic carbocycles. The van der Waals surface area contributed by atoms with Crippen molar-refractivity contribution in [3.05, 3.63) is 108 Å². The summed E-state index contributed by atoms with van der Waals surface area (Å²) >= 11 is 109. The third-order valence-corrected chi connectivity index (χ3v) is 18.6. The van der Waals surface area contributed by atoms with Crippen LogP contribution >= 0.6 is 197 Å². The molecule has 260 valence electrons. The van der Waals surface area contributed by atoms with E-state index in [1.807, 2.05) is 91.0 Å². The highest BCUT2D eigenvalue weighted by atomic mass is 35.6. The SMILES string of the molecule is ClC(Cl)(Cl)C(Cl)(Cl)C(Cl)(Cl)C(Cl)(Cl)C(Cl)(Cl)C(Cl)(Cl)C(Cl)(Cl)C(Cl)(Cl)CCOC(c1ccccc1)(c1ccccc1)c1ccccc1. The minimum Gasteiger partial charge on any atom is -0.361 e. The lowest BCUT2D eigenvalue weighted by Crippen LogP contribution is -2.70. The molecule has 0 saturated heterocycles. The van der Waals surface area contributed by atoms with Crippen molar-refractivity contribution in [2.75, 3.05) is 6.61 Å². The molecule has 0 radical (unpaired) electrons. The van der Waals surface area contributed by atoms with Crippen LogP contribution in [0.4, 0.5) is 0 Å². The maximum Gasteiger partial charge on any atom is 0.226 e. The third kappa shape index (κ3) is 7.88. The van der Waals surface area contributed by atoms with Gasteiger partial charge in [-0.3, -0.25) is 0 Å². The maximum atomic E-state index is 6.78. The molecule has 0 unspecified atom stereocenters. The van der Waals surface area contributed by atoms with E-state index in [1.165, 1.54) is 0 Å². The van der Waals surface area contributed by atoms with E-state index in [-0.39, 0.29) is 13.0 Å². The number of halogens is 17. The van der Waals surface area contributed by atoms with Crippen molar-refractivity contribution in [1.82, 2.24) is 0 Å². The van der Waals surface area contributed by atoms with Gasteiger partial charge in [-0.1, -0.05) is 288 Å². The number of benzene rings is 3. The molecule has 0 saturated carbocycles. The molecule has 3 aromatic carbocycles. The van der Waals surface area contributed by atoms with Crippen LogP contribution in [0, 0.1) is 0 Å². The molecule has 0 amide bonds. The molecular formula is C29H19Cl17O. The molecule has 3 aromatic rings. The van der Waals surface area contributed by atoms with E-state index in [0.29, 0.717) is 0 Å². The van der Waals surface area contributed by atoms with E-state index in [4.69, 9.17) is 202 Å². The zero-order valence-corrected chi connectivity index (χ0v) is 35.8. The van der Waals surface area contributed by atoms with Gasteiger partial charge in [0.15, 0.2) is 26.0 Å². The molecule has 0 heterocycles. The highest BCUT2D eigenvalue weighted by Gasteiger charge is 2.81. The quantitative estimate of drug-likeness (QED) is 0.122. The van der Waals surface area contributed by atoms with Crippen molar-refractivity contribution in [1.29, 1.82) is 0 Å². The first-order valence-electron chi connectivity index (χ1n) is 12.8. The Balaban J connectivity index is 2.05. The van der Waals surface area contributed by atoms with Gasteiger partial charge in [-0.2, -0.15) is 0 Å². The summed E-state index contributed by atoms with van der Waals surface area (Å²) in [6.07, 6.45) is -0.351. The Kier molecular flexibility index (Phi) is 14.7. The van der Waals surface area contributed by atoms with Crippen LogP contribution in [-0.4, -0.2) is 40.7 Å². The molecule has 0 fully saturated rings. The van der Waals surface area contributed by atoms with Crippen LogP contribution in [0.15, 0.2) is 91.0 Å². The Morgan fingerprint density at radius 1 is 0.362 bits per heavy atom. The molecule has 47 heavy (non-hydrogen) atoms. The minimum atomic E-state index is -3.04. The van der Waals surface area contributed by atoms with Crippen molar-refractivity contribution in [3.8, 4) is 0 Å². The highest BCUT2D eigenvalue weighted by molar-refractivity contribution is 6.83. The van der Waals surface area contributed by atoms with Gasteiger partial charge in [0.05, 0.1) is 6.61 Å². The number of ether oxygens (including phenoxy) is 1. The predicted octanol–water partition coefficient (Wildman–Crippen LogP) is 15.0. The van der Waals surface area contributed by atoms with Crippen molar-refractivity contribution in [3.63, 3.8) is 0 Å². The fourth-order valence-electron chi connectivity index (χ4n) is 4.45. The van der Waals surface area contributed by atoms with Gasteiger partial charge >= 0.3 is 0 Å². The Labute approximate surface area is 358 Å². The van der Waals surface area contributed by atoms with Gasteiger partial charge in [0.25, 0.3) is 0 Å². The summed E-state index contributed by atoms with van der Waals surface area (Å²) in [5, 5.41) is 0. The first-order chi connectivity index (χ1) is 21.3. The lowest BCUT2D eigenvalue weighted by Gasteiger charge is -2.54. The standard InChI is InChI=1S/C29H19Cl17O/c30-21(31,23(32,33)24(34,35)25(36,37)26(38,39)27(40,41)28(42,43)29(44,45)46)16-17-47-22(18-10-4-1-5-11-18,19-12-6-2-7-13-19)20-14-8-3-9-15-20/h1-15H,16-17H2. The topological polar surface area (TPSA) is 9.23 Å². The van der Waals surface area contributed by atoms with E-state index in [9.17, 15) is 0 Å². The van der Waals surface area contributed by atoms with Crippen LogP contribution in [0.3, 0.4) is 0 Å². The number of hydrogen-bond acceptors (Lipinski definition) is 1. The fourth-order valence-corrected chi connectivity index (χ4v) is 9.64. The van der Waals surface area contributed by atoms with Gasteiger partial charge in [0.2, 0.25) is 8.13 Å². The van der Waals surface area contributed by atoms with Crippen molar-refractivity contribution < 1.29 is 4.74 Å². The largest absolute Gasteiger partial charge is 0.361 e. The average molecular weight is 986 g/mol. The molecule has 0 aliphatic rings. The van der Waals surface area contributed by atoms with E-state index in [1.54, 1.807) is 0 Å². The molecule has 0 N–H and O–H groups in total. The first-order valence-corrected chi connectivity index (χ1v) is 19.2. The molecule has 18 heteroatoms.